The highest BCUT2D eigenvalue weighted by atomic mass is 16.5. The molecule has 0 amide bonds. The Kier molecular flexibility index (Phi) is 4.90. The lowest BCUT2D eigenvalue weighted by molar-refractivity contribution is 0.0776. The van der Waals surface area contributed by atoms with Crippen LogP contribution in [-0.2, 0) is 0 Å². The van der Waals surface area contributed by atoms with Gasteiger partial charge in [0.15, 0.2) is 5.82 Å². The monoisotopic (exact) mass is 268 g/mol. The lowest BCUT2D eigenvalue weighted by Crippen LogP contribution is -2.47. The topological polar surface area (TPSA) is 65.6 Å². The third-order valence-electron chi connectivity index (χ3n) is 3.70. The van der Waals surface area contributed by atoms with Crippen molar-refractivity contribution in [1.29, 1.82) is 0 Å². The Labute approximate surface area is 114 Å². The third-order valence-corrected chi connectivity index (χ3v) is 3.70. The average molecular weight is 268 g/mol. The number of piperazine rings is 1. The maximum absolute atomic E-state index is 8.94. The molecular formula is C13H24N4O2. The van der Waals surface area contributed by atoms with Crippen molar-refractivity contribution in [3.05, 3.63) is 11.7 Å². The summed E-state index contributed by atoms with van der Waals surface area (Å²) in [5.74, 6) is 1.78. The van der Waals surface area contributed by atoms with E-state index in [9.17, 15) is 0 Å². The van der Waals surface area contributed by atoms with Gasteiger partial charge in [-0.15, -0.1) is 0 Å². The number of nitrogens with zero attached hydrogens (tertiary/aromatic N) is 4. The molecule has 6 heteroatoms. The van der Waals surface area contributed by atoms with Crippen LogP contribution in [-0.4, -0.2) is 64.4 Å². The molecule has 0 spiro atoms. The van der Waals surface area contributed by atoms with E-state index in [2.05, 4.69) is 40.7 Å². The molecule has 0 aromatic carbocycles. The summed E-state index contributed by atoms with van der Waals surface area (Å²) in [6.07, 6.45) is 0. The maximum Gasteiger partial charge on any atom is 0.243 e. The van der Waals surface area contributed by atoms with Gasteiger partial charge in [-0.25, -0.2) is 0 Å². The first-order chi connectivity index (χ1) is 9.11. The number of aliphatic hydroxyl groups excluding tert-OH is 1. The van der Waals surface area contributed by atoms with Crippen LogP contribution in [0.2, 0.25) is 0 Å². The first kappa shape index (κ1) is 14.4. The quantitative estimate of drug-likeness (QED) is 0.854. The second-order valence-electron chi connectivity index (χ2n) is 5.42. The summed E-state index contributed by atoms with van der Waals surface area (Å²) in [5.41, 5.74) is 0. The van der Waals surface area contributed by atoms with E-state index in [0.29, 0.717) is 11.8 Å². The fourth-order valence-electron chi connectivity index (χ4n) is 2.32. The second kappa shape index (κ2) is 6.45. The Morgan fingerprint density at radius 2 is 1.89 bits per heavy atom. The average Bonchev–Trinajstić information content (AvgIpc) is 2.89. The van der Waals surface area contributed by atoms with Crippen molar-refractivity contribution in [2.45, 2.75) is 32.7 Å². The number of hydrogen-bond donors (Lipinski definition) is 1. The minimum Gasteiger partial charge on any atom is -0.395 e. The largest absolute Gasteiger partial charge is 0.395 e. The molecule has 1 aromatic heterocycles. The van der Waals surface area contributed by atoms with Crippen molar-refractivity contribution < 1.29 is 9.63 Å². The van der Waals surface area contributed by atoms with Crippen molar-refractivity contribution in [3.8, 4) is 0 Å². The molecule has 19 heavy (non-hydrogen) atoms. The highest BCUT2D eigenvalue weighted by Gasteiger charge is 2.25. The van der Waals surface area contributed by atoms with E-state index in [1.165, 1.54) is 0 Å². The molecule has 108 valence electrons. The number of aromatic nitrogens is 2. The summed E-state index contributed by atoms with van der Waals surface area (Å²) in [4.78, 5) is 9.09. The van der Waals surface area contributed by atoms with E-state index in [1.807, 2.05) is 0 Å². The Morgan fingerprint density at radius 3 is 2.42 bits per heavy atom. The molecular weight excluding hydrogens is 244 g/mol. The lowest BCUT2D eigenvalue weighted by Gasteiger charge is -2.36. The molecule has 0 saturated carbocycles. The van der Waals surface area contributed by atoms with Crippen LogP contribution < -0.4 is 0 Å². The minimum absolute atomic E-state index is 0.163. The number of β-amino-alcohol motifs (C(OH)–C–C–N with tert-alkyl or cyclic N) is 1. The molecule has 2 rings (SSSR count). The smallest absolute Gasteiger partial charge is 0.243 e. The summed E-state index contributed by atoms with van der Waals surface area (Å²) < 4.78 is 5.36. The summed E-state index contributed by atoms with van der Waals surface area (Å²) >= 11 is 0. The molecule has 1 aliphatic rings. The number of rotatable bonds is 5. The molecule has 1 aliphatic heterocycles. The van der Waals surface area contributed by atoms with Crippen LogP contribution in [0.3, 0.4) is 0 Å². The summed E-state index contributed by atoms with van der Waals surface area (Å²) in [5, 5.41) is 13.0. The highest BCUT2D eigenvalue weighted by molar-refractivity contribution is 4.96. The van der Waals surface area contributed by atoms with Gasteiger partial charge in [0.25, 0.3) is 0 Å². The molecule has 1 atom stereocenters. The van der Waals surface area contributed by atoms with Gasteiger partial charge in [0.05, 0.1) is 12.6 Å². The van der Waals surface area contributed by atoms with Crippen molar-refractivity contribution in [3.63, 3.8) is 0 Å². The van der Waals surface area contributed by atoms with Gasteiger partial charge in [-0.1, -0.05) is 19.0 Å². The van der Waals surface area contributed by atoms with Gasteiger partial charge in [0.1, 0.15) is 0 Å². The third kappa shape index (κ3) is 3.52. The summed E-state index contributed by atoms with van der Waals surface area (Å²) in [7, 11) is 0. The van der Waals surface area contributed by atoms with E-state index >= 15 is 0 Å². The van der Waals surface area contributed by atoms with Crippen molar-refractivity contribution in [2.24, 2.45) is 0 Å². The Hall–Kier alpha value is -0.980. The van der Waals surface area contributed by atoms with Gasteiger partial charge in [-0.05, 0) is 6.92 Å². The van der Waals surface area contributed by atoms with Crippen molar-refractivity contribution in [1.82, 2.24) is 19.9 Å². The van der Waals surface area contributed by atoms with Crippen LogP contribution in [0.5, 0.6) is 0 Å². The van der Waals surface area contributed by atoms with E-state index in [4.69, 9.17) is 9.63 Å². The molecule has 1 saturated heterocycles. The van der Waals surface area contributed by atoms with E-state index in [0.717, 1.165) is 38.5 Å². The fraction of sp³-hybridized carbons (Fsp3) is 0.846. The van der Waals surface area contributed by atoms with E-state index < -0.39 is 0 Å². The lowest BCUT2D eigenvalue weighted by atomic mass is 10.2. The number of hydrogen-bond acceptors (Lipinski definition) is 6. The maximum atomic E-state index is 8.94. The van der Waals surface area contributed by atoms with Gasteiger partial charge >= 0.3 is 0 Å². The van der Waals surface area contributed by atoms with Crippen LogP contribution >= 0.6 is 0 Å². The van der Waals surface area contributed by atoms with Crippen molar-refractivity contribution >= 4 is 0 Å². The molecule has 0 radical (unpaired) electrons. The van der Waals surface area contributed by atoms with Crippen LogP contribution in [0, 0.1) is 0 Å². The molecule has 1 N–H and O–H groups in total. The molecule has 0 bridgehead atoms. The number of aliphatic hydroxyl groups is 1. The van der Waals surface area contributed by atoms with E-state index in [1.54, 1.807) is 0 Å². The summed E-state index contributed by atoms with van der Waals surface area (Å²) in [6.45, 7) is 11.1. The zero-order valence-electron chi connectivity index (χ0n) is 12.0. The van der Waals surface area contributed by atoms with Crippen LogP contribution in [0.25, 0.3) is 0 Å². The Morgan fingerprint density at radius 1 is 1.21 bits per heavy atom. The molecule has 0 aliphatic carbocycles. The normalized spacial score (nSPS) is 20.1. The van der Waals surface area contributed by atoms with Crippen LogP contribution in [0.1, 0.15) is 44.4 Å². The SMILES string of the molecule is CC(C)c1noc(C(C)N2CCN(CCO)CC2)n1. The standard InChI is InChI=1S/C13H24N4O2/c1-10(2)12-14-13(19-15-12)11(3)17-6-4-16(5-7-17)8-9-18/h10-11,18H,4-9H2,1-3H3. The predicted molar refractivity (Wildman–Crippen MR) is 71.9 cm³/mol. The zero-order chi connectivity index (χ0) is 13.8. The fourth-order valence-corrected chi connectivity index (χ4v) is 2.32. The summed E-state index contributed by atoms with van der Waals surface area (Å²) in [6, 6.07) is 0.163. The van der Waals surface area contributed by atoms with Gasteiger partial charge in [-0.2, -0.15) is 4.98 Å². The molecule has 2 heterocycles. The predicted octanol–water partition coefficient (Wildman–Crippen LogP) is 0.864. The molecule has 6 nitrogen and oxygen atoms in total. The van der Waals surface area contributed by atoms with Crippen LogP contribution in [0.15, 0.2) is 4.52 Å². The first-order valence-electron chi connectivity index (χ1n) is 7.02. The Bertz CT molecular complexity index is 386. The molecule has 1 fully saturated rings. The van der Waals surface area contributed by atoms with Gasteiger partial charge in [-0.3, -0.25) is 9.80 Å². The van der Waals surface area contributed by atoms with E-state index in [-0.39, 0.29) is 12.6 Å². The highest BCUT2D eigenvalue weighted by Crippen LogP contribution is 2.21. The van der Waals surface area contributed by atoms with Gasteiger partial charge < -0.3 is 9.63 Å². The van der Waals surface area contributed by atoms with Gasteiger partial charge in [0.2, 0.25) is 5.89 Å². The van der Waals surface area contributed by atoms with Crippen molar-refractivity contribution in [2.75, 3.05) is 39.3 Å². The minimum atomic E-state index is 0.163. The van der Waals surface area contributed by atoms with Crippen LogP contribution in [0.4, 0.5) is 0 Å². The zero-order valence-corrected chi connectivity index (χ0v) is 12.0. The second-order valence-corrected chi connectivity index (χ2v) is 5.42. The van der Waals surface area contributed by atoms with Gasteiger partial charge in [0, 0.05) is 38.6 Å². The Balaban J connectivity index is 1.91. The first-order valence-corrected chi connectivity index (χ1v) is 7.02. The molecule has 1 aromatic rings. The molecule has 1 unspecified atom stereocenters.